The van der Waals surface area contributed by atoms with E-state index in [0.717, 1.165) is 18.2 Å². The fourth-order valence-corrected chi connectivity index (χ4v) is 2.80. The number of aromatic nitrogens is 1. The zero-order chi connectivity index (χ0) is 16.2. The average Bonchev–Trinajstić information content (AvgIpc) is 2.42. The van der Waals surface area contributed by atoms with Crippen molar-refractivity contribution in [2.45, 2.75) is 25.6 Å². The molecule has 0 fully saturated rings. The van der Waals surface area contributed by atoms with E-state index >= 15 is 0 Å². The van der Waals surface area contributed by atoms with Gasteiger partial charge in [0.25, 0.3) is 0 Å². The molecule has 0 aliphatic rings. The van der Waals surface area contributed by atoms with Gasteiger partial charge >= 0.3 is 6.18 Å². The third-order valence-electron chi connectivity index (χ3n) is 3.17. The van der Waals surface area contributed by atoms with Crippen LogP contribution in [-0.4, -0.2) is 35.9 Å². The lowest BCUT2D eigenvalue weighted by molar-refractivity contribution is -0.141. The van der Waals surface area contributed by atoms with E-state index in [0.29, 0.717) is 0 Å². The molecule has 0 saturated carbocycles. The molecule has 0 aromatic carbocycles. The van der Waals surface area contributed by atoms with Crippen LogP contribution in [-0.2, 0) is 6.18 Å². The molecule has 3 N–H and O–H groups in total. The Bertz CT molecular complexity index is 505. The molecule has 21 heavy (non-hydrogen) atoms. The van der Waals surface area contributed by atoms with Gasteiger partial charge in [-0.25, -0.2) is 4.98 Å². The average molecular weight is 320 g/mol. The first kappa shape index (κ1) is 17.6. The first-order valence-electron chi connectivity index (χ1n) is 6.36. The van der Waals surface area contributed by atoms with Gasteiger partial charge in [0.2, 0.25) is 0 Å². The highest BCUT2D eigenvalue weighted by Gasteiger charge is 2.34. The van der Waals surface area contributed by atoms with Gasteiger partial charge in [-0.15, -0.1) is 0 Å². The first-order chi connectivity index (χ1) is 9.72. The van der Waals surface area contributed by atoms with Crippen LogP contribution in [0.2, 0.25) is 0 Å². The number of nitrogen functional groups attached to an aromatic ring is 1. The Hall–Kier alpha value is -1.44. The highest BCUT2D eigenvalue weighted by atomic mass is 32.2. The standard InChI is InChI=1S/C13H19F3N4S/c1-4-8(7-21-3)20(2)12-9(11(17)18)5-6-10(19-12)13(14,15)16/h5-6,8H,4,7H2,1-3H3,(H3,17,18). The molecule has 0 radical (unpaired) electrons. The van der Waals surface area contributed by atoms with Crippen molar-refractivity contribution in [1.82, 2.24) is 4.98 Å². The number of nitrogens with zero attached hydrogens (tertiary/aromatic N) is 2. The summed E-state index contributed by atoms with van der Waals surface area (Å²) in [6.07, 6.45) is -1.83. The number of thioether (sulfide) groups is 1. The smallest absolute Gasteiger partial charge is 0.384 e. The monoisotopic (exact) mass is 320 g/mol. The van der Waals surface area contributed by atoms with Crippen molar-refractivity contribution in [2.24, 2.45) is 5.73 Å². The molecule has 4 nitrogen and oxygen atoms in total. The zero-order valence-corrected chi connectivity index (χ0v) is 13.0. The maximum Gasteiger partial charge on any atom is 0.433 e. The Balaban J connectivity index is 3.32. The molecule has 1 rings (SSSR count). The summed E-state index contributed by atoms with van der Waals surface area (Å²) < 4.78 is 38.5. The normalized spacial score (nSPS) is 13.0. The summed E-state index contributed by atoms with van der Waals surface area (Å²) in [6, 6.07) is 2.08. The number of pyridine rings is 1. The second-order valence-corrected chi connectivity index (χ2v) is 5.52. The molecule has 0 saturated heterocycles. The summed E-state index contributed by atoms with van der Waals surface area (Å²) in [5.74, 6) is 0.553. The number of rotatable bonds is 6. The SMILES string of the molecule is CCC(CSC)N(C)c1nc(C(F)(F)F)ccc1C(=N)N. The number of amidine groups is 1. The summed E-state index contributed by atoms with van der Waals surface area (Å²) in [5, 5.41) is 7.52. The van der Waals surface area contributed by atoms with Gasteiger partial charge in [-0.2, -0.15) is 24.9 Å². The van der Waals surface area contributed by atoms with Crippen molar-refractivity contribution in [3.8, 4) is 0 Å². The summed E-state index contributed by atoms with van der Waals surface area (Å²) in [6.45, 7) is 1.96. The van der Waals surface area contributed by atoms with E-state index < -0.39 is 11.9 Å². The van der Waals surface area contributed by atoms with Crippen LogP contribution in [0.3, 0.4) is 0 Å². The Kier molecular flexibility index (Phi) is 5.88. The van der Waals surface area contributed by atoms with Gasteiger partial charge in [0.15, 0.2) is 0 Å². The lowest BCUT2D eigenvalue weighted by Gasteiger charge is -2.29. The molecular formula is C13H19F3N4S. The van der Waals surface area contributed by atoms with Crippen LogP contribution < -0.4 is 10.6 Å². The van der Waals surface area contributed by atoms with Gasteiger partial charge < -0.3 is 10.6 Å². The predicted octanol–water partition coefficient (Wildman–Crippen LogP) is 2.96. The van der Waals surface area contributed by atoms with E-state index in [1.807, 2.05) is 13.2 Å². The number of hydrogen-bond acceptors (Lipinski definition) is 4. The van der Waals surface area contributed by atoms with E-state index in [2.05, 4.69) is 4.98 Å². The first-order valence-corrected chi connectivity index (χ1v) is 7.76. The van der Waals surface area contributed by atoms with Crippen LogP contribution in [0.5, 0.6) is 0 Å². The van der Waals surface area contributed by atoms with Crippen LogP contribution in [0.4, 0.5) is 19.0 Å². The molecule has 0 amide bonds. The molecule has 1 unspecified atom stereocenters. The Labute approximate surface area is 126 Å². The van der Waals surface area contributed by atoms with Crippen molar-refractivity contribution in [3.63, 3.8) is 0 Å². The molecule has 1 atom stereocenters. The highest BCUT2D eigenvalue weighted by molar-refractivity contribution is 7.98. The number of alkyl halides is 3. The number of nitrogens with one attached hydrogen (secondary N) is 1. The molecule has 0 aliphatic heterocycles. The minimum Gasteiger partial charge on any atom is -0.384 e. The third-order valence-corrected chi connectivity index (χ3v) is 3.89. The Morgan fingerprint density at radius 3 is 2.52 bits per heavy atom. The topological polar surface area (TPSA) is 66.0 Å². The molecule has 1 heterocycles. The van der Waals surface area contributed by atoms with Gasteiger partial charge in [-0.3, -0.25) is 5.41 Å². The van der Waals surface area contributed by atoms with Crippen molar-refractivity contribution < 1.29 is 13.2 Å². The molecule has 0 spiro atoms. The molecule has 8 heteroatoms. The highest BCUT2D eigenvalue weighted by Crippen LogP contribution is 2.31. The fraction of sp³-hybridized carbons (Fsp3) is 0.538. The lowest BCUT2D eigenvalue weighted by Crippen LogP contribution is -2.36. The summed E-state index contributed by atoms with van der Waals surface area (Å²) in [5.41, 5.74) is 4.69. The van der Waals surface area contributed by atoms with Crippen LogP contribution in [0.1, 0.15) is 24.6 Å². The van der Waals surface area contributed by atoms with Crippen LogP contribution in [0.15, 0.2) is 12.1 Å². The van der Waals surface area contributed by atoms with Crippen LogP contribution in [0, 0.1) is 5.41 Å². The van der Waals surface area contributed by atoms with Crippen molar-refractivity contribution in [2.75, 3.05) is 24.0 Å². The molecule has 0 bridgehead atoms. The van der Waals surface area contributed by atoms with Gasteiger partial charge in [0, 0.05) is 18.8 Å². The number of anilines is 1. The minimum atomic E-state index is -4.52. The van der Waals surface area contributed by atoms with E-state index in [1.165, 1.54) is 6.07 Å². The van der Waals surface area contributed by atoms with E-state index in [4.69, 9.17) is 11.1 Å². The fourth-order valence-electron chi connectivity index (χ4n) is 1.95. The predicted molar refractivity (Wildman–Crippen MR) is 81.1 cm³/mol. The number of halogens is 3. The van der Waals surface area contributed by atoms with Crippen molar-refractivity contribution in [3.05, 3.63) is 23.4 Å². The van der Waals surface area contributed by atoms with E-state index in [9.17, 15) is 13.2 Å². The zero-order valence-electron chi connectivity index (χ0n) is 12.2. The summed E-state index contributed by atoms with van der Waals surface area (Å²) in [4.78, 5) is 5.36. The van der Waals surface area contributed by atoms with Crippen LogP contribution >= 0.6 is 11.8 Å². The largest absolute Gasteiger partial charge is 0.433 e. The maximum absolute atomic E-state index is 12.8. The molecule has 1 aromatic heterocycles. The van der Waals surface area contributed by atoms with Crippen molar-refractivity contribution in [1.29, 1.82) is 5.41 Å². The second-order valence-electron chi connectivity index (χ2n) is 4.61. The molecular weight excluding hydrogens is 301 g/mol. The second kappa shape index (κ2) is 7.02. The summed E-state index contributed by atoms with van der Waals surface area (Å²) in [7, 11) is 1.68. The van der Waals surface area contributed by atoms with Crippen molar-refractivity contribution >= 4 is 23.4 Å². The number of hydrogen-bond donors (Lipinski definition) is 2. The van der Waals surface area contributed by atoms with E-state index in [1.54, 1.807) is 23.7 Å². The lowest BCUT2D eigenvalue weighted by atomic mass is 10.1. The van der Waals surface area contributed by atoms with Gasteiger partial charge in [0.1, 0.15) is 17.3 Å². The number of nitrogens with two attached hydrogens (primary N) is 1. The minimum absolute atomic E-state index is 0.0223. The van der Waals surface area contributed by atoms with Crippen LogP contribution in [0.25, 0.3) is 0 Å². The molecule has 118 valence electrons. The van der Waals surface area contributed by atoms with Gasteiger partial charge in [-0.1, -0.05) is 6.92 Å². The Morgan fingerprint density at radius 1 is 1.48 bits per heavy atom. The maximum atomic E-state index is 12.8. The molecule has 0 aliphatic carbocycles. The quantitative estimate of drug-likeness (QED) is 0.625. The summed E-state index contributed by atoms with van der Waals surface area (Å²) >= 11 is 1.60. The van der Waals surface area contributed by atoms with Gasteiger partial charge in [-0.05, 0) is 24.8 Å². The Morgan fingerprint density at radius 2 is 2.10 bits per heavy atom. The third kappa shape index (κ3) is 4.26. The van der Waals surface area contributed by atoms with Gasteiger partial charge in [0.05, 0.1) is 5.56 Å². The van der Waals surface area contributed by atoms with E-state index in [-0.39, 0.29) is 23.3 Å². The molecule has 1 aromatic rings.